The molecule has 0 saturated heterocycles. The van der Waals surface area contributed by atoms with Crippen LogP contribution < -0.4 is 5.32 Å². The molecule has 2 rings (SSSR count). The van der Waals surface area contributed by atoms with Gasteiger partial charge in [0.15, 0.2) is 0 Å². The van der Waals surface area contributed by atoms with Crippen LogP contribution in [0.1, 0.15) is 5.56 Å². The van der Waals surface area contributed by atoms with Crippen LogP contribution in [-0.2, 0) is 16.0 Å². The molecule has 2 N–H and O–H groups in total. The zero-order valence-corrected chi connectivity index (χ0v) is 14.2. The Morgan fingerprint density at radius 2 is 1.78 bits per heavy atom. The second kappa shape index (κ2) is 7.78. The Hall–Kier alpha value is -2.34. The van der Waals surface area contributed by atoms with E-state index in [0.29, 0.717) is 5.69 Å². The van der Waals surface area contributed by atoms with E-state index >= 15 is 0 Å². The molecule has 2 aromatic rings. The smallest absolute Gasteiger partial charge is 0.244 e. The maximum atomic E-state index is 12.1. The summed E-state index contributed by atoms with van der Waals surface area (Å²) in [4.78, 5) is 25.5. The van der Waals surface area contributed by atoms with Crippen LogP contribution >= 0.6 is 15.9 Å². The van der Waals surface area contributed by atoms with Crippen molar-refractivity contribution in [2.24, 2.45) is 0 Å². The third-order valence-electron chi connectivity index (χ3n) is 3.25. The van der Waals surface area contributed by atoms with Crippen LogP contribution in [0, 0.1) is 0 Å². The third-order valence-corrected chi connectivity index (χ3v) is 3.94. The number of hydrogen-bond acceptors (Lipinski definition) is 3. The number of rotatable bonds is 5. The number of likely N-dealkylation sites (N-methyl/N-ethyl adjacent to an activating group) is 1. The lowest BCUT2D eigenvalue weighted by atomic mass is 10.1. The summed E-state index contributed by atoms with van der Waals surface area (Å²) >= 11 is 3.35. The number of carbonyl (C=O) groups excluding carboxylic acids is 2. The van der Waals surface area contributed by atoms with Crippen molar-refractivity contribution in [3.05, 3.63) is 58.6 Å². The number of para-hydroxylation sites is 1. The van der Waals surface area contributed by atoms with E-state index in [2.05, 4.69) is 21.2 Å². The second-order valence-corrected chi connectivity index (χ2v) is 5.98. The Kier molecular flexibility index (Phi) is 5.76. The summed E-state index contributed by atoms with van der Waals surface area (Å²) in [6, 6.07) is 13.7. The van der Waals surface area contributed by atoms with Gasteiger partial charge in [-0.25, -0.2) is 0 Å². The van der Waals surface area contributed by atoms with Crippen LogP contribution in [-0.4, -0.2) is 35.4 Å². The van der Waals surface area contributed by atoms with Gasteiger partial charge in [-0.2, -0.15) is 0 Å². The van der Waals surface area contributed by atoms with Gasteiger partial charge in [0.1, 0.15) is 5.75 Å². The molecule has 2 aromatic carbocycles. The minimum absolute atomic E-state index is 0.0295. The van der Waals surface area contributed by atoms with Crippen LogP contribution in [0.3, 0.4) is 0 Å². The topological polar surface area (TPSA) is 69.6 Å². The molecule has 0 bridgehead atoms. The fraction of sp³-hybridized carbons (Fsp3) is 0.176. The van der Waals surface area contributed by atoms with E-state index in [-0.39, 0.29) is 30.5 Å². The normalized spacial score (nSPS) is 10.2. The lowest BCUT2D eigenvalue weighted by Gasteiger charge is -2.17. The Labute approximate surface area is 143 Å². The first-order valence-corrected chi connectivity index (χ1v) is 7.81. The fourth-order valence-corrected chi connectivity index (χ4v) is 2.36. The summed E-state index contributed by atoms with van der Waals surface area (Å²) in [6.45, 7) is -0.0295. The van der Waals surface area contributed by atoms with Crippen molar-refractivity contribution >= 4 is 33.4 Å². The standard InChI is InChI=1S/C17H17BrN2O3/c1-20(17(23)10-12-6-8-13(21)9-7-12)11-16(22)19-15-5-3-2-4-14(15)18/h2-9,21H,10-11H2,1H3,(H,19,22). The summed E-state index contributed by atoms with van der Waals surface area (Å²) in [7, 11) is 1.59. The lowest BCUT2D eigenvalue weighted by Crippen LogP contribution is -2.35. The number of amides is 2. The number of phenols is 1. The highest BCUT2D eigenvalue weighted by Gasteiger charge is 2.14. The molecule has 0 heterocycles. The van der Waals surface area contributed by atoms with Crippen LogP contribution in [0.2, 0.25) is 0 Å². The first-order valence-electron chi connectivity index (χ1n) is 7.02. The highest BCUT2D eigenvalue weighted by atomic mass is 79.9. The predicted octanol–water partition coefficient (Wildman–Crippen LogP) is 2.79. The average molecular weight is 377 g/mol. The van der Waals surface area contributed by atoms with Crippen molar-refractivity contribution in [1.82, 2.24) is 4.90 Å². The molecule has 5 nitrogen and oxygen atoms in total. The number of hydrogen-bond donors (Lipinski definition) is 2. The lowest BCUT2D eigenvalue weighted by molar-refractivity contribution is -0.132. The predicted molar refractivity (Wildman–Crippen MR) is 92.2 cm³/mol. The average Bonchev–Trinajstić information content (AvgIpc) is 2.51. The van der Waals surface area contributed by atoms with E-state index in [0.717, 1.165) is 10.0 Å². The Morgan fingerprint density at radius 3 is 2.43 bits per heavy atom. The van der Waals surface area contributed by atoms with Gasteiger partial charge in [-0.1, -0.05) is 24.3 Å². The molecule has 0 aliphatic heterocycles. The van der Waals surface area contributed by atoms with E-state index in [9.17, 15) is 14.7 Å². The van der Waals surface area contributed by atoms with Gasteiger partial charge in [-0.3, -0.25) is 9.59 Å². The first kappa shape index (κ1) is 17.0. The number of nitrogens with zero attached hydrogens (tertiary/aromatic N) is 1. The molecule has 0 aromatic heterocycles. The second-order valence-electron chi connectivity index (χ2n) is 5.12. The minimum Gasteiger partial charge on any atom is -0.508 e. The summed E-state index contributed by atoms with van der Waals surface area (Å²) in [5.41, 5.74) is 1.45. The van der Waals surface area contributed by atoms with Crippen LogP contribution in [0.25, 0.3) is 0 Å². The molecular formula is C17H17BrN2O3. The summed E-state index contributed by atoms with van der Waals surface area (Å²) in [5.74, 6) is -0.279. The molecule has 0 saturated carbocycles. The summed E-state index contributed by atoms with van der Waals surface area (Å²) in [6.07, 6.45) is 0.180. The molecule has 0 spiro atoms. The fourth-order valence-electron chi connectivity index (χ4n) is 1.98. The molecule has 0 aliphatic carbocycles. The van der Waals surface area contributed by atoms with Gasteiger partial charge in [0.2, 0.25) is 11.8 Å². The zero-order chi connectivity index (χ0) is 16.8. The molecule has 0 aliphatic rings. The van der Waals surface area contributed by atoms with Gasteiger partial charge in [0.25, 0.3) is 0 Å². The van der Waals surface area contributed by atoms with Crippen LogP contribution in [0.15, 0.2) is 53.0 Å². The van der Waals surface area contributed by atoms with E-state index < -0.39 is 0 Å². The molecule has 2 amide bonds. The molecule has 6 heteroatoms. The zero-order valence-electron chi connectivity index (χ0n) is 12.6. The molecule has 23 heavy (non-hydrogen) atoms. The monoisotopic (exact) mass is 376 g/mol. The third kappa shape index (κ3) is 5.10. The van der Waals surface area contributed by atoms with Gasteiger partial charge >= 0.3 is 0 Å². The van der Waals surface area contributed by atoms with Crippen LogP contribution in [0.4, 0.5) is 5.69 Å². The highest BCUT2D eigenvalue weighted by molar-refractivity contribution is 9.10. The number of nitrogens with one attached hydrogen (secondary N) is 1. The number of benzene rings is 2. The summed E-state index contributed by atoms with van der Waals surface area (Å²) < 4.78 is 0.784. The Morgan fingerprint density at radius 1 is 1.13 bits per heavy atom. The largest absolute Gasteiger partial charge is 0.508 e. The van der Waals surface area contributed by atoms with E-state index in [1.165, 1.54) is 17.0 Å². The van der Waals surface area contributed by atoms with Gasteiger partial charge < -0.3 is 15.3 Å². The molecular weight excluding hydrogens is 360 g/mol. The molecule has 120 valence electrons. The molecule has 0 unspecified atom stereocenters. The number of anilines is 1. The minimum atomic E-state index is -0.265. The van der Waals surface area contributed by atoms with Crippen molar-refractivity contribution in [3.63, 3.8) is 0 Å². The van der Waals surface area contributed by atoms with Crippen molar-refractivity contribution < 1.29 is 14.7 Å². The van der Waals surface area contributed by atoms with Crippen molar-refractivity contribution in [2.75, 3.05) is 18.9 Å². The van der Waals surface area contributed by atoms with Gasteiger partial charge in [-0.15, -0.1) is 0 Å². The van der Waals surface area contributed by atoms with Crippen LogP contribution in [0.5, 0.6) is 5.75 Å². The van der Waals surface area contributed by atoms with Crippen molar-refractivity contribution in [1.29, 1.82) is 0 Å². The maximum absolute atomic E-state index is 12.1. The molecule has 0 fully saturated rings. The molecule has 0 radical (unpaired) electrons. The maximum Gasteiger partial charge on any atom is 0.244 e. The van der Waals surface area contributed by atoms with E-state index in [1.54, 1.807) is 25.2 Å². The quantitative estimate of drug-likeness (QED) is 0.842. The highest BCUT2D eigenvalue weighted by Crippen LogP contribution is 2.21. The Bertz CT molecular complexity index is 701. The number of carbonyl (C=O) groups is 2. The first-order chi connectivity index (χ1) is 11.0. The number of halogens is 1. The number of phenolic OH excluding ortho intramolecular Hbond substituents is 1. The SMILES string of the molecule is CN(CC(=O)Nc1ccccc1Br)C(=O)Cc1ccc(O)cc1. The van der Waals surface area contributed by atoms with Crippen molar-refractivity contribution in [2.45, 2.75) is 6.42 Å². The van der Waals surface area contributed by atoms with Crippen molar-refractivity contribution in [3.8, 4) is 5.75 Å². The Balaban J connectivity index is 1.89. The van der Waals surface area contributed by atoms with Gasteiger partial charge in [-0.05, 0) is 45.8 Å². The summed E-state index contributed by atoms with van der Waals surface area (Å²) in [5, 5.41) is 12.0. The van der Waals surface area contributed by atoms with E-state index in [1.807, 2.05) is 18.2 Å². The van der Waals surface area contributed by atoms with E-state index in [4.69, 9.17) is 0 Å². The number of aromatic hydroxyl groups is 1. The van der Waals surface area contributed by atoms with Gasteiger partial charge in [0.05, 0.1) is 18.7 Å². The molecule has 0 atom stereocenters. The van der Waals surface area contributed by atoms with Gasteiger partial charge in [0, 0.05) is 11.5 Å².